The van der Waals surface area contributed by atoms with Gasteiger partial charge in [0, 0.05) is 51.8 Å². The highest BCUT2D eigenvalue weighted by Gasteiger charge is 2.23. The van der Waals surface area contributed by atoms with Gasteiger partial charge in [0.1, 0.15) is 5.82 Å². The quantitative estimate of drug-likeness (QED) is 0.473. The van der Waals surface area contributed by atoms with Gasteiger partial charge in [0.15, 0.2) is 0 Å². The van der Waals surface area contributed by atoms with Crippen LogP contribution in [0.5, 0.6) is 0 Å². The lowest BCUT2D eigenvalue weighted by molar-refractivity contribution is -0.130. The van der Waals surface area contributed by atoms with Crippen molar-refractivity contribution in [2.75, 3.05) is 52.4 Å². The largest absolute Gasteiger partial charge is 0.396 e. The highest BCUT2D eigenvalue weighted by molar-refractivity contribution is 6.30. The number of rotatable bonds is 8. The second-order valence-electron chi connectivity index (χ2n) is 8.66. The molecule has 0 bridgehead atoms. The molecule has 0 aromatic heterocycles. The minimum absolute atomic E-state index is 0.0177. The predicted octanol–water partition coefficient (Wildman–Crippen LogP) is 3.04. The van der Waals surface area contributed by atoms with E-state index in [2.05, 4.69) is 4.90 Å². The first-order chi connectivity index (χ1) is 15.5. The van der Waals surface area contributed by atoms with Gasteiger partial charge in [-0.15, -0.1) is 0 Å². The van der Waals surface area contributed by atoms with E-state index in [0.29, 0.717) is 44.1 Å². The normalized spacial score (nSPS) is 20.7. The van der Waals surface area contributed by atoms with Gasteiger partial charge in [0.05, 0.1) is 5.02 Å². The number of carbonyl (C=O) groups is 2. The van der Waals surface area contributed by atoms with Crippen molar-refractivity contribution >= 4 is 29.5 Å². The Morgan fingerprint density at radius 3 is 2.78 bits per heavy atom. The Kier molecular flexibility index (Phi) is 9.51. The van der Waals surface area contributed by atoms with Crippen molar-refractivity contribution in [3.63, 3.8) is 0 Å². The molecular formula is C24H33ClFN3O3. The van der Waals surface area contributed by atoms with Crippen molar-refractivity contribution < 1.29 is 19.1 Å². The van der Waals surface area contributed by atoms with Crippen LogP contribution in [0.15, 0.2) is 24.3 Å². The lowest BCUT2D eigenvalue weighted by Gasteiger charge is -2.32. The Morgan fingerprint density at radius 1 is 1.19 bits per heavy atom. The van der Waals surface area contributed by atoms with Gasteiger partial charge < -0.3 is 19.8 Å². The number of likely N-dealkylation sites (tertiary alicyclic amines) is 1. The van der Waals surface area contributed by atoms with Gasteiger partial charge in [-0.1, -0.05) is 17.7 Å². The van der Waals surface area contributed by atoms with Gasteiger partial charge in [-0.05, 0) is 68.5 Å². The molecule has 2 aliphatic rings. The van der Waals surface area contributed by atoms with Gasteiger partial charge in [0.2, 0.25) is 11.8 Å². The van der Waals surface area contributed by atoms with Crippen LogP contribution in [0.1, 0.15) is 37.7 Å². The average Bonchev–Trinajstić information content (AvgIpc) is 2.99. The van der Waals surface area contributed by atoms with Crippen molar-refractivity contribution in [3.8, 4) is 0 Å². The summed E-state index contributed by atoms with van der Waals surface area (Å²) in [5, 5.41) is 9.38. The molecule has 2 heterocycles. The maximum atomic E-state index is 13.3. The fourth-order valence-electron chi connectivity index (χ4n) is 4.35. The summed E-state index contributed by atoms with van der Waals surface area (Å²) in [6.45, 7) is 5.48. The molecule has 2 fully saturated rings. The molecule has 0 spiro atoms. The Labute approximate surface area is 194 Å². The minimum Gasteiger partial charge on any atom is -0.396 e. The molecule has 1 aromatic rings. The number of hydrogen-bond donors (Lipinski definition) is 1. The first kappa shape index (κ1) is 24.7. The van der Waals surface area contributed by atoms with Crippen molar-refractivity contribution in [2.24, 2.45) is 5.92 Å². The van der Waals surface area contributed by atoms with Crippen LogP contribution in [0.25, 0.3) is 6.08 Å². The molecular weight excluding hydrogens is 433 g/mol. The van der Waals surface area contributed by atoms with Crippen molar-refractivity contribution in [3.05, 3.63) is 40.7 Å². The summed E-state index contributed by atoms with van der Waals surface area (Å²) in [5.41, 5.74) is 0.649. The van der Waals surface area contributed by atoms with Crippen molar-refractivity contribution in [2.45, 2.75) is 32.1 Å². The van der Waals surface area contributed by atoms with Gasteiger partial charge in [-0.25, -0.2) is 4.39 Å². The van der Waals surface area contributed by atoms with Crippen LogP contribution in [0, 0.1) is 11.7 Å². The zero-order chi connectivity index (χ0) is 22.9. The van der Waals surface area contributed by atoms with Gasteiger partial charge in [-0.3, -0.25) is 9.59 Å². The van der Waals surface area contributed by atoms with Crippen LogP contribution in [0.2, 0.25) is 5.02 Å². The number of nitrogens with zero attached hydrogens (tertiary/aromatic N) is 3. The Hall–Kier alpha value is -1.96. The summed E-state index contributed by atoms with van der Waals surface area (Å²) in [6.07, 6.45) is 7.59. The fraction of sp³-hybridized carbons (Fsp3) is 0.583. The average molecular weight is 466 g/mol. The zero-order valence-corrected chi connectivity index (χ0v) is 19.3. The Balaban J connectivity index is 1.41. The first-order valence-corrected chi connectivity index (χ1v) is 11.9. The van der Waals surface area contributed by atoms with E-state index in [1.807, 2.05) is 4.90 Å². The SMILES string of the molecule is O=C(/C=C/c1ccc(F)c(Cl)c1)N1CCC(=O)N(CCCCN2CCCC(CO)C2)CC1. The molecule has 1 atom stereocenters. The number of aliphatic hydroxyl groups is 1. The van der Waals surface area contributed by atoms with Gasteiger partial charge >= 0.3 is 0 Å². The van der Waals surface area contributed by atoms with E-state index in [4.69, 9.17) is 11.6 Å². The van der Waals surface area contributed by atoms with Crippen molar-refractivity contribution in [1.29, 1.82) is 0 Å². The molecule has 176 valence electrons. The number of benzene rings is 1. The topological polar surface area (TPSA) is 64.1 Å². The number of unbranched alkanes of at least 4 members (excludes halogenated alkanes) is 1. The lowest BCUT2D eigenvalue weighted by atomic mass is 9.99. The summed E-state index contributed by atoms with van der Waals surface area (Å²) in [4.78, 5) is 31.0. The second kappa shape index (κ2) is 12.3. The summed E-state index contributed by atoms with van der Waals surface area (Å²) in [7, 11) is 0. The predicted molar refractivity (Wildman–Crippen MR) is 124 cm³/mol. The monoisotopic (exact) mass is 465 g/mol. The van der Waals surface area contributed by atoms with E-state index in [1.165, 1.54) is 18.2 Å². The fourth-order valence-corrected chi connectivity index (χ4v) is 4.54. The van der Waals surface area contributed by atoms with E-state index < -0.39 is 5.82 Å². The van der Waals surface area contributed by atoms with Crippen LogP contribution >= 0.6 is 11.6 Å². The molecule has 1 aromatic carbocycles. The summed E-state index contributed by atoms with van der Waals surface area (Å²) < 4.78 is 13.3. The van der Waals surface area contributed by atoms with Crippen LogP contribution in [-0.2, 0) is 9.59 Å². The molecule has 32 heavy (non-hydrogen) atoms. The van der Waals surface area contributed by atoms with E-state index in [9.17, 15) is 19.1 Å². The third-order valence-corrected chi connectivity index (χ3v) is 6.57. The molecule has 2 saturated heterocycles. The van der Waals surface area contributed by atoms with Crippen LogP contribution in [0.4, 0.5) is 4.39 Å². The summed E-state index contributed by atoms with van der Waals surface area (Å²) in [5.74, 6) is -0.170. The molecule has 0 saturated carbocycles. The van der Waals surface area contributed by atoms with Crippen LogP contribution in [-0.4, -0.2) is 84.0 Å². The van der Waals surface area contributed by atoms with Gasteiger partial charge in [0.25, 0.3) is 0 Å². The minimum atomic E-state index is -0.494. The molecule has 2 amide bonds. The van der Waals surface area contributed by atoms with E-state index in [-0.39, 0.29) is 23.4 Å². The Bertz CT molecular complexity index is 820. The summed E-state index contributed by atoms with van der Waals surface area (Å²) >= 11 is 5.78. The number of piperidine rings is 1. The third kappa shape index (κ3) is 7.29. The second-order valence-corrected chi connectivity index (χ2v) is 9.07. The molecule has 6 nitrogen and oxygen atoms in total. The number of halogens is 2. The number of hydrogen-bond acceptors (Lipinski definition) is 4. The smallest absolute Gasteiger partial charge is 0.246 e. The molecule has 3 rings (SSSR count). The lowest BCUT2D eigenvalue weighted by Crippen LogP contribution is -2.38. The van der Waals surface area contributed by atoms with E-state index >= 15 is 0 Å². The van der Waals surface area contributed by atoms with Crippen LogP contribution in [0.3, 0.4) is 0 Å². The molecule has 0 radical (unpaired) electrons. The third-order valence-electron chi connectivity index (χ3n) is 6.28. The standard InChI is InChI=1S/C24H33ClFN3O3/c25-21-16-19(5-7-22(21)26)6-8-23(31)29-13-9-24(32)28(14-15-29)12-2-1-10-27-11-3-4-20(17-27)18-30/h5-8,16,20,30H,1-4,9-15,17-18H2/b8-6+. The maximum Gasteiger partial charge on any atom is 0.246 e. The molecule has 1 N–H and O–H groups in total. The van der Waals surface area contributed by atoms with Gasteiger partial charge in [-0.2, -0.15) is 0 Å². The van der Waals surface area contributed by atoms with Crippen LogP contribution < -0.4 is 0 Å². The molecule has 8 heteroatoms. The molecule has 1 unspecified atom stereocenters. The van der Waals surface area contributed by atoms with E-state index in [1.54, 1.807) is 17.0 Å². The highest BCUT2D eigenvalue weighted by Crippen LogP contribution is 2.18. The Morgan fingerprint density at radius 2 is 2.00 bits per heavy atom. The maximum absolute atomic E-state index is 13.3. The first-order valence-electron chi connectivity index (χ1n) is 11.5. The number of aliphatic hydroxyl groups excluding tert-OH is 1. The summed E-state index contributed by atoms with van der Waals surface area (Å²) in [6, 6.07) is 4.31. The number of carbonyl (C=O) groups excluding carboxylic acids is 2. The zero-order valence-electron chi connectivity index (χ0n) is 18.5. The highest BCUT2D eigenvalue weighted by atomic mass is 35.5. The molecule has 0 aliphatic carbocycles. The molecule has 2 aliphatic heterocycles. The number of amides is 2. The van der Waals surface area contributed by atoms with Crippen molar-refractivity contribution in [1.82, 2.24) is 14.7 Å². The van der Waals surface area contributed by atoms with E-state index in [0.717, 1.165) is 45.3 Å².